The minimum absolute atomic E-state index is 0.141. The lowest BCUT2D eigenvalue weighted by Crippen LogP contribution is -2.43. The molecule has 18 heavy (non-hydrogen) atoms. The molecule has 2 rings (SSSR count). The third-order valence-corrected chi connectivity index (χ3v) is 3.03. The van der Waals surface area contributed by atoms with Gasteiger partial charge >= 0.3 is 0 Å². The van der Waals surface area contributed by atoms with E-state index in [1.165, 1.54) is 17.0 Å². The van der Waals surface area contributed by atoms with Gasteiger partial charge in [-0.05, 0) is 37.6 Å². The molecule has 1 heterocycles. The highest BCUT2D eigenvalue weighted by atomic mass is 19.1. The Kier molecular flexibility index (Phi) is 3.32. The average molecular weight is 250 g/mol. The van der Waals surface area contributed by atoms with Crippen molar-refractivity contribution in [1.82, 2.24) is 5.32 Å². The highest BCUT2D eigenvalue weighted by Gasteiger charge is 2.28. The summed E-state index contributed by atoms with van der Waals surface area (Å²) in [5, 5.41) is 2.62. The molecule has 1 atom stereocenters. The van der Waals surface area contributed by atoms with Gasteiger partial charge in [-0.3, -0.25) is 9.59 Å². The number of amides is 2. The van der Waals surface area contributed by atoms with Crippen LogP contribution >= 0.6 is 0 Å². The van der Waals surface area contributed by atoms with Gasteiger partial charge in [-0.15, -0.1) is 0 Å². The molecule has 1 N–H and O–H groups in total. The molecule has 1 aliphatic rings. The number of aryl methyl sites for hydroxylation is 1. The van der Waals surface area contributed by atoms with Gasteiger partial charge in [0, 0.05) is 18.7 Å². The van der Waals surface area contributed by atoms with Crippen molar-refractivity contribution in [2.75, 3.05) is 11.4 Å². The van der Waals surface area contributed by atoms with Crippen LogP contribution in [0.1, 0.15) is 18.9 Å². The van der Waals surface area contributed by atoms with Crippen molar-refractivity contribution in [2.24, 2.45) is 0 Å². The summed E-state index contributed by atoms with van der Waals surface area (Å²) in [7, 11) is 0. The monoisotopic (exact) mass is 250 g/mol. The molecule has 96 valence electrons. The van der Waals surface area contributed by atoms with Gasteiger partial charge in [-0.2, -0.15) is 0 Å². The van der Waals surface area contributed by atoms with Crippen LogP contribution in [0.15, 0.2) is 18.2 Å². The zero-order chi connectivity index (χ0) is 13.3. The number of carbonyl (C=O) groups excluding carboxylic acids is 2. The second kappa shape index (κ2) is 4.76. The van der Waals surface area contributed by atoms with E-state index in [1.54, 1.807) is 19.9 Å². The van der Waals surface area contributed by atoms with Crippen molar-refractivity contribution >= 4 is 17.5 Å². The molecule has 0 aromatic heterocycles. The van der Waals surface area contributed by atoms with E-state index in [9.17, 15) is 14.0 Å². The number of anilines is 1. The Labute approximate surface area is 105 Å². The van der Waals surface area contributed by atoms with Crippen LogP contribution in [0.2, 0.25) is 0 Å². The molecular weight excluding hydrogens is 235 g/mol. The maximum atomic E-state index is 13.1. The summed E-state index contributed by atoms with van der Waals surface area (Å²) in [5.74, 6) is -0.644. The minimum atomic E-state index is -0.551. The first kappa shape index (κ1) is 12.5. The number of nitrogens with one attached hydrogen (secondary N) is 1. The third-order valence-electron chi connectivity index (χ3n) is 3.03. The van der Waals surface area contributed by atoms with Crippen molar-refractivity contribution in [3.05, 3.63) is 29.6 Å². The fraction of sp³-hybridized carbons (Fsp3) is 0.385. The first-order valence-electron chi connectivity index (χ1n) is 5.86. The van der Waals surface area contributed by atoms with Gasteiger partial charge in [0.15, 0.2) is 0 Å². The second-order valence-electron chi connectivity index (χ2n) is 4.46. The SMILES string of the molecule is Cc1cc(F)ccc1N1CCC(=O)NC(C)C1=O. The van der Waals surface area contributed by atoms with Gasteiger partial charge in [0.05, 0.1) is 0 Å². The second-order valence-corrected chi connectivity index (χ2v) is 4.46. The Hall–Kier alpha value is -1.91. The van der Waals surface area contributed by atoms with Crippen LogP contribution < -0.4 is 10.2 Å². The molecule has 0 saturated carbocycles. The number of carbonyl (C=O) groups is 2. The fourth-order valence-electron chi connectivity index (χ4n) is 2.09. The lowest BCUT2D eigenvalue weighted by atomic mass is 10.1. The molecule has 5 heteroatoms. The number of hydrogen-bond donors (Lipinski definition) is 1. The van der Waals surface area contributed by atoms with Crippen LogP contribution in [-0.2, 0) is 9.59 Å². The number of halogens is 1. The Morgan fingerprint density at radius 2 is 2.11 bits per heavy atom. The molecule has 0 radical (unpaired) electrons. The topological polar surface area (TPSA) is 49.4 Å². The van der Waals surface area contributed by atoms with Gasteiger partial charge in [0.2, 0.25) is 11.8 Å². The summed E-state index contributed by atoms with van der Waals surface area (Å²) in [6.45, 7) is 3.72. The van der Waals surface area contributed by atoms with Crippen LogP contribution in [-0.4, -0.2) is 24.4 Å². The number of benzene rings is 1. The smallest absolute Gasteiger partial charge is 0.249 e. The van der Waals surface area contributed by atoms with Crippen LogP contribution in [0.5, 0.6) is 0 Å². The van der Waals surface area contributed by atoms with E-state index in [-0.39, 0.29) is 24.1 Å². The fourth-order valence-corrected chi connectivity index (χ4v) is 2.09. The molecule has 1 aromatic rings. The summed E-state index contributed by atoms with van der Waals surface area (Å²) >= 11 is 0. The predicted octanol–water partition coefficient (Wildman–Crippen LogP) is 1.38. The van der Waals surface area contributed by atoms with E-state index in [1.807, 2.05) is 0 Å². The van der Waals surface area contributed by atoms with Crippen molar-refractivity contribution in [1.29, 1.82) is 0 Å². The Balaban J connectivity index is 2.36. The Morgan fingerprint density at radius 3 is 2.78 bits per heavy atom. The van der Waals surface area contributed by atoms with Gasteiger partial charge in [-0.1, -0.05) is 0 Å². The molecule has 2 amide bonds. The standard InChI is InChI=1S/C13H15FN2O2/c1-8-7-10(14)3-4-11(8)16-6-5-12(17)15-9(2)13(16)18/h3-4,7,9H,5-6H2,1-2H3,(H,15,17). The molecule has 1 fully saturated rings. The Morgan fingerprint density at radius 1 is 1.39 bits per heavy atom. The summed E-state index contributed by atoms with van der Waals surface area (Å²) in [4.78, 5) is 25.1. The molecule has 1 aromatic carbocycles. The lowest BCUT2D eigenvalue weighted by Gasteiger charge is -2.24. The van der Waals surface area contributed by atoms with E-state index in [0.29, 0.717) is 17.8 Å². The van der Waals surface area contributed by atoms with Crippen molar-refractivity contribution in [3.63, 3.8) is 0 Å². The molecule has 0 spiro atoms. The number of nitrogens with zero attached hydrogens (tertiary/aromatic N) is 1. The first-order chi connectivity index (χ1) is 8.49. The lowest BCUT2D eigenvalue weighted by molar-refractivity contribution is -0.125. The number of hydrogen-bond acceptors (Lipinski definition) is 2. The van der Waals surface area contributed by atoms with Gasteiger partial charge in [-0.25, -0.2) is 4.39 Å². The van der Waals surface area contributed by atoms with Crippen molar-refractivity contribution in [3.8, 4) is 0 Å². The quantitative estimate of drug-likeness (QED) is 0.818. The zero-order valence-corrected chi connectivity index (χ0v) is 10.4. The van der Waals surface area contributed by atoms with Crippen LogP contribution in [0.25, 0.3) is 0 Å². The largest absolute Gasteiger partial charge is 0.345 e. The molecule has 1 aliphatic heterocycles. The van der Waals surface area contributed by atoms with Crippen molar-refractivity contribution in [2.45, 2.75) is 26.3 Å². The minimum Gasteiger partial charge on any atom is -0.345 e. The van der Waals surface area contributed by atoms with Gasteiger partial charge < -0.3 is 10.2 Å². The van der Waals surface area contributed by atoms with E-state index >= 15 is 0 Å². The maximum Gasteiger partial charge on any atom is 0.249 e. The summed E-state index contributed by atoms with van der Waals surface area (Å²) in [5.41, 5.74) is 1.34. The van der Waals surface area contributed by atoms with E-state index < -0.39 is 6.04 Å². The maximum absolute atomic E-state index is 13.1. The molecule has 0 bridgehead atoms. The average Bonchev–Trinajstić information content (AvgIpc) is 2.41. The van der Waals surface area contributed by atoms with E-state index in [2.05, 4.69) is 5.32 Å². The molecule has 1 unspecified atom stereocenters. The first-order valence-corrected chi connectivity index (χ1v) is 5.86. The summed E-state index contributed by atoms with van der Waals surface area (Å²) < 4.78 is 13.1. The molecular formula is C13H15FN2O2. The summed E-state index contributed by atoms with van der Waals surface area (Å²) in [6.07, 6.45) is 0.257. The van der Waals surface area contributed by atoms with E-state index in [0.717, 1.165) is 0 Å². The predicted molar refractivity (Wildman–Crippen MR) is 65.7 cm³/mol. The highest BCUT2D eigenvalue weighted by molar-refractivity contribution is 6.01. The van der Waals surface area contributed by atoms with Crippen LogP contribution in [0.3, 0.4) is 0 Å². The van der Waals surface area contributed by atoms with Crippen LogP contribution in [0, 0.1) is 12.7 Å². The van der Waals surface area contributed by atoms with Gasteiger partial charge in [0.1, 0.15) is 11.9 Å². The zero-order valence-electron chi connectivity index (χ0n) is 10.4. The van der Waals surface area contributed by atoms with Crippen LogP contribution in [0.4, 0.5) is 10.1 Å². The normalized spacial score (nSPS) is 20.6. The third kappa shape index (κ3) is 2.34. The van der Waals surface area contributed by atoms with Gasteiger partial charge in [0.25, 0.3) is 0 Å². The van der Waals surface area contributed by atoms with Crippen molar-refractivity contribution < 1.29 is 14.0 Å². The molecule has 0 aliphatic carbocycles. The molecule has 1 saturated heterocycles. The summed E-state index contributed by atoms with van der Waals surface area (Å²) in [6, 6.07) is 3.73. The highest BCUT2D eigenvalue weighted by Crippen LogP contribution is 2.23. The Bertz CT molecular complexity index is 502. The molecule has 4 nitrogen and oxygen atoms in total. The number of rotatable bonds is 1. The van der Waals surface area contributed by atoms with E-state index in [4.69, 9.17) is 0 Å².